The van der Waals surface area contributed by atoms with Crippen molar-refractivity contribution in [2.45, 2.75) is 42.9 Å². The molecule has 1 unspecified atom stereocenters. The molecule has 0 fully saturated rings. The number of aliphatic imine (C=N–C) groups is 1. The Morgan fingerprint density at radius 2 is 2.20 bits per heavy atom. The van der Waals surface area contributed by atoms with Crippen LogP contribution in [0.3, 0.4) is 0 Å². The molecule has 6 heteroatoms. The van der Waals surface area contributed by atoms with Crippen molar-refractivity contribution in [2.75, 3.05) is 11.1 Å². The third-order valence-corrected chi connectivity index (χ3v) is 5.02. The van der Waals surface area contributed by atoms with E-state index in [1.54, 1.807) is 23.9 Å². The van der Waals surface area contributed by atoms with Gasteiger partial charge in [0.1, 0.15) is 0 Å². The number of benzene rings is 1. The normalized spacial score (nSPS) is 22.8. The van der Waals surface area contributed by atoms with E-state index in [1.807, 2.05) is 12.1 Å². The number of thioether (sulfide) groups is 2. The van der Waals surface area contributed by atoms with Crippen LogP contribution in [0.2, 0.25) is 0 Å². The first-order valence-electron chi connectivity index (χ1n) is 6.56. The predicted molar refractivity (Wildman–Crippen MR) is 85.1 cm³/mol. The number of hydrogen-bond donors (Lipinski definition) is 1. The number of alkyl halides is 2. The van der Waals surface area contributed by atoms with Crippen LogP contribution >= 0.6 is 23.5 Å². The fraction of sp³-hybridized carbons (Fsp3) is 0.500. The summed E-state index contributed by atoms with van der Waals surface area (Å²) in [5.41, 5.74) is 0.655. The summed E-state index contributed by atoms with van der Waals surface area (Å²) in [5, 5.41) is 4.03. The molecular weight excluding hydrogens is 298 g/mol. The summed E-state index contributed by atoms with van der Waals surface area (Å²) in [6.07, 6.45) is 2.03. The molecule has 0 saturated carbocycles. The van der Waals surface area contributed by atoms with Gasteiger partial charge in [-0.15, -0.1) is 0 Å². The molecule has 1 aliphatic heterocycles. The number of nitrogens with zero attached hydrogens (tertiary/aromatic N) is 1. The standard InChI is InChI=1S/C14H18F2N2S2/c1-3-14(2)8-9-19-13(18-14)17-10-6-4-5-7-11(10)20-12(15)16/h4-7,12H,3,8-9H2,1-2H3,(H,17,18). The van der Waals surface area contributed by atoms with Gasteiger partial charge in [-0.2, -0.15) is 8.78 Å². The number of amidine groups is 1. The summed E-state index contributed by atoms with van der Waals surface area (Å²) in [4.78, 5) is 5.27. The number of para-hydroxylation sites is 1. The molecule has 0 amide bonds. The molecule has 110 valence electrons. The minimum absolute atomic E-state index is 0.0433. The second kappa shape index (κ2) is 6.80. The SMILES string of the molecule is CCC1(C)CCSC(Nc2ccccc2SC(F)F)=N1. The summed E-state index contributed by atoms with van der Waals surface area (Å²) >= 11 is 2.20. The van der Waals surface area contributed by atoms with E-state index in [2.05, 4.69) is 19.2 Å². The monoisotopic (exact) mass is 316 g/mol. The van der Waals surface area contributed by atoms with Gasteiger partial charge in [0.25, 0.3) is 5.76 Å². The van der Waals surface area contributed by atoms with Crippen molar-refractivity contribution in [3.63, 3.8) is 0 Å². The van der Waals surface area contributed by atoms with Gasteiger partial charge in [-0.3, -0.25) is 4.99 Å². The van der Waals surface area contributed by atoms with E-state index in [4.69, 9.17) is 4.99 Å². The first kappa shape index (κ1) is 15.6. The zero-order chi connectivity index (χ0) is 14.6. The molecule has 1 aliphatic rings. The Balaban J connectivity index is 2.17. The molecule has 0 saturated heterocycles. The van der Waals surface area contributed by atoms with Crippen molar-refractivity contribution < 1.29 is 8.78 Å². The molecule has 2 rings (SSSR count). The third kappa shape index (κ3) is 4.12. The highest BCUT2D eigenvalue weighted by molar-refractivity contribution is 8.14. The van der Waals surface area contributed by atoms with Crippen LogP contribution in [0.5, 0.6) is 0 Å². The largest absolute Gasteiger partial charge is 0.334 e. The van der Waals surface area contributed by atoms with Gasteiger partial charge in [0.05, 0.1) is 11.2 Å². The Hall–Kier alpha value is -0.750. The first-order chi connectivity index (χ1) is 9.52. The van der Waals surface area contributed by atoms with Gasteiger partial charge in [-0.25, -0.2) is 0 Å². The van der Waals surface area contributed by atoms with Gasteiger partial charge >= 0.3 is 0 Å². The molecule has 1 N–H and O–H groups in total. The van der Waals surface area contributed by atoms with Gasteiger partial charge in [0, 0.05) is 10.6 Å². The van der Waals surface area contributed by atoms with E-state index in [-0.39, 0.29) is 5.54 Å². The Bertz CT molecular complexity index is 494. The van der Waals surface area contributed by atoms with Crippen molar-refractivity contribution in [2.24, 2.45) is 4.99 Å². The summed E-state index contributed by atoms with van der Waals surface area (Å²) in [6, 6.07) is 7.12. The molecule has 20 heavy (non-hydrogen) atoms. The van der Waals surface area contributed by atoms with E-state index < -0.39 is 5.76 Å². The summed E-state index contributed by atoms with van der Waals surface area (Å²) < 4.78 is 25.1. The average Bonchev–Trinajstić information content (AvgIpc) is 2.41. The lowest BCUT2D eigenvalue weighted by atomic mass is 9.97. The van der Waals surface area contributed by atoms with Crippen LogP contribution in [0.1, 0.15) is 26.7 Å². The second-order valence-electron chi connectivity index (χ2n) is 4.87. The number of anilines is 1. The van der Waals surface area contributed by atoms with Crippen LogP contribution in [-0.4, -0.2) is 22.2 Å². The lowest BCUT2D eigenvalue weighted by molar-refractivity contribution is 0.252. The number of hydrogen-bond acceptors (Lipinski definition) is 4. The van der Waals surface area contributed by atoms with Gasteiger partial charge in [0.2, 0.25) is 0 Å². The Morgan fingerprint density at radius 1 is 1.45 bits per heavy atom. The Labute approximate surface area is 126 Å². The van der Waals surface area contributed by atoms with E-state index in [0.29, 0.717) is 22.3 Å². The third-order valence-electron chi connectivity index (χ3n) is 3.36. The summed E-state index contributed by atoms with van der Waals surface area (Å²) in [6.45, 7) is 4.26. The lowest BCUT2D eigenvalue weighted by Crippen LogP contribution is -2.29. The van der Waals surface area contributed by atoms with Crippen molar-refractivity contribution in [1.29, 1.82) is 0 Å². The first-order valence-corrected chi connectivity index (χ1v) is 8.42. The molecule has 0 bridgehead atoms. The molecule has 0 aromatic heterocycles. The maximum Gasteiger partial charge on any atom is 0.288 e. The van der Waals surface area contributed by atoms with Crippen LogP contribution in [0.15, 0.2) is 34.2 Å². The van der Waals surface area contributed by atoms with Crippen molar-refractivity contribution in [3.05, 3.63) is 24.3 Å². The maximum atomic E-state index is 12.6. The van der Waals surface area contributed by atoms with E-state index in [0.717, 1.165) is 23.8 Å². The number of nitrogens with one attached hydrogen (secondary N) is 1. The van der Waals surface area contributed by atoms with E-state index >= 15 is 0 Å². The van der Waals surface area contributed by atoms with Crippen molar-refractivity contribution in [1.82, 2.24) is 0 Å². The van der Waals surface area contributed by atoms with E-state index in [1.165, 1.54) is 0 Å². The molecule has 1 atom stereocenters. The minimum Gasteiger partial charge on any atom is -0.334 e. The van der Waals surface area contributed by atoms with E-state index in [9.17, 15) is 8.78 Å². The Kier molecular flexibility index (Phi) is 5.32. The predicted octanol–water partition coefficient (Wildman–Crippen LogP) is 5.07. The fourth-order valence-corrected chi connectivity index (χ4v) is 3.70. The smallest absolute Gasteiger partial charge is 0.288 e. The number of rotatable bonds is 4. The summed E-state index contributed by atoms with van der Waals surface area (Å²) in [5.74, 6) is -1.42. The molecule has 1 aromatic carbocycles. The Morgan fingerprint density at radius 3 is 2.90 bits per heavy atom. The fourth-order valence-electron chi connectivity index (χ4n) is 1.90. The zero-order valence-electron chi connectivity index (χ0n) is 11.5. The highest BCUT2D eigenvalue weighted by atomic mass is 32.2. The molecular formula is C14H18F2N2S2. The molecule has 2 nitrogen and oxygen atoms in total. The molecule has 0 spiro atoms. The lowest BCUT2D eigenvalue weighted by Gasteiger charge is -2.29. The topological polar surface area (TPSA) is 24.4 Å². The van der Waals surface area contributed by atoms with Crippen molar-refractivity contribution in [3.8, 4) is 0 Å². The minimum atomic E-state index is -2.42. The second-order valence-corrected chi connectivity index (χ2v) is 6.98. The highest BCUT2D eigenvalue weighted by Gasteiger charge is 2.26. The maximum absolute atomic E-state index is 12.6. The molecule has 0 aliphatic carbocycles. The summed E-state index contributed by atoms with van der Waals surface area (Å²) in [7, 11) is 0. The van der Waals surface area contributed by atoms with Gasteiger partial charge < -0.3 is 5.32 Å². The van der Waals surface area contributed by atoms with Crippen LogP contribution in [-0.2, 0) is 0 Å². The van der Waals surface area contributed by atoms with Gasteiger partial charge in [0.15, 0.2) is 5.17 Å². The highest BCUT2D eigenvalue weighted by Crippen LogP contribution is 2.34. The molecule has 1 aromatic rings. The zero-order valence-corrected chi connectivity index (χ0v) is 13.2. The van der Waals surface area contributed by atoms with Crippen LogP contribution in [0.4, 0.5) is 14.5 Å². The number of halogens is 2. The van der Waals surface area contributed by atoms with Crippen LogP contribution < -0.4 is 5.32 Å². The quantitative estimate of drug-likeness (QED) is 0.784. The van der Waals surface area contributed by atoms with Gasteiger partial charge in [-0.05, 0) is 31.9 Å². The van der Waals surface area contributed by atoms with Crippen molar-refractivity contribution >= 4 is 34.4 Å². The van der Waals surface area contributed by atoms with Crippen LogP contribution in [0, 0.1) is 0 Å². The van der Waals surface area contributed by atoms with Crippen LogP contribution in [0.25, 0.3) is 0 Å². The molecule has 1 heterocycles. The van der Waals surface area contributed by atoms with Gasteiger partial charge in [-0.1, -0.05) is 42.6 Å². The molecule has 0 radical (unpaired) electrons. The average molecular weight is 316 g/mol.